The van der Waals surface area contributed by atoms with Gasteiger partial charge in [-0.2, -0.15) is 0 Å². The molecule has 21 heavy (non-hydrogen) atoms. The van der Waals surface area contributed by atoms with Crippen LogP contribution >= 0.6 is 0 Å². The summed E-state index contributed by atoms with van der Waals surface area (Å²) >= 11 is 0. The molecule has 0 bridgehead atoms. The van der Waals surface area contributed by atoms with E-state index in [-0.39, 0.29) is 0 Å². The van der Waals surface area contributed by atoms with E-state index in [4.69, 9.17) is 4.42 Å². The molecule has 0 aliphatic heterocycles. The van der Waals surface area contributed by atoms with Crippen LogP contribution in [0, 0.1) is 13.8 Å². The van der Waals surface area contributed by atoms with Gasteiger partial charge in [0, 0.05) is 16.3 Å². The second-order valence-electron chi connectivity index (χ2n) is 5.53. The van der Waals surface area contributed by atoms with Crippen LogP contribution in [0.1, 0.15) is 11.1 Å². The van der Waals surface area contributed by atoms with Crippen LogP contribution in [-0.4, -0.2) is 0 Å². The van der Waals surface area contributed by atoms with Crippen molar-refractivity contribution in [2.24, 2.45) is 0 Å². The summed E-state index contributed by atoms with van der Waals surface area (Å²) in [5.74, 6) is 0. The third kappa shape index (κ3) is 1.78. The lowest BCUT2D eigenvalue weighted by atomic mass is 9.96. The van der Waals surface area contributed by atoms with Gasteiger partial charge in [0.15, 0.2) is 0 Å². The molecule has 0 spiro atoms. The highest BCUT2D eigenvalue weighted by Gasteiger charge is 2.13. The van der Waals surface area contributed by atoms with Crippen molar-refractivity contribution in [3.63, 3.8) is 0 Å². The summed E-state index contributed by atoms with van der Waals surface area (Å²) in [6, 6.07) is 21.0. The largest absolute Gasteiger partial charge is 0.455 e. The molecule has 0 atom stereocenters. The molecule has 0 unspecified atom stereocenters. The highest BCUT2D eigenvalue weighted by Crippen LogP contribution is 2.37. The van der Waals surface area contributed by atoms with Gasteiger partial charge in [-0.3, -0.25) is 0 Å². The van der Waals surface area contributed by atoms with Gasteiger partial charge in [0.1, 0.15) is 11.2 Å². The molecule has 0 aliphatic rings. The van der Waals surface area contributed by atoms with E-state index in [1.165, 1.54) is 33.0 Å². The fourth-order valence-corrected chi connectivity index (χ4v) is 3.00. The SMILES string of the molecule is Cc1cccc(-c2cccc3c2oc2ccccc23)c1C. The molecule has 0 saturated heterocycles. The first-order valence-corrected chi connectivity index (χ1v) is 7.22. The number of hydrogen-bond donors (Lipinski definition) is 0. The number of fused-ring (bicyclic) bond motifs is 3. The molecular formula is C20H16O. The van der Waals surface area contributed by atoms with Crippen molar-refractivity contribution in [1.82, 2.24) is 0 Å². The molecule has 0 aliphatic carbocycles. The summed E-state index contributed by atoms with van der Waals surface area (Å²) in [6.45, 7) is 4.32. The van der Waals surface area contributed by atoms with Gasteiger partial charge in [0.25, 0.3) is 0 Å². The smallest absolute Gasteiger partial charge is 0.143 e. The van der Waals surface area contributed by atoms with Crippen LogP contribution in [0.5, 0.6) is 0 Å². The van der Waals surface area contributed by atoms with E-state index in [9.17, 15) is 0 Å². The number of aryl methyl sites for hydroxylation is 1. The Morgan fingerprint density at radius 2 is 1.38 bits per heavy atom. The van der Waals surface area contributed by atoms with Gasteiger partial charge in [0.05, 0.1) is 0 Å². The van der Waals surface area contributed by atoms with E-state index in [1.54, 1.807) is 0 Å². The van der Waals surface area contributed by atoms with Crippen LogP contribution in [0.25, 0.3) is 33.1 Å². The van der Waals surface area contributed by atoms with Gasteiger partial charge >= 0.3 is 0 Å². The predicted octanol–water partition coefficient (Wildman–Crippen LogP) is 5.87. The Bertz CT molecular complexity index is 960. The molecule has 1 nitrogen and oxygen atoms in total. The molecule has 3 aromatic carbocycles. The summed E-state index contributed by atoms with van der Waals surface area (Å²) in [5.41, 5.74) is 6.97. The number of rotatable bonds is 1. The molecule has 4 rings (SSSR count). The Labute approximate surface area is 123 Å². The van der Waals surface area contributed by atoms with Gasteiger partial charge in [0.2, 0.25) is 0 Å². The Hall–Kier alpha value is -2.54. The van der Waals surface area contributed by atoms with Crippen molar-refractivity contribution in [1.29, 1.82) is 0 Å². The van der Waals surface area contributed by atoms with E-state index in [2.05, 4.69) is 62.4 Å². The quantitative estimate of drug-likeness (QED) is 0.422. The highest BCUT2D eigenvalue weighted by molar-refractivity contribution is 6.09. The van der Waals surface area contributed by atoms with E-state index < -0.39 is 0 Å². The number of hydrogen-bond acceptors (Lipinski definition) is 1. The maximum Gasteiger partial charge on any atom is 0.143 e. The molecule has 0 amide bonds. The van der Waals surface area contributed by atoms with Crippen LogP contribution in [0.15, 0.2) is 65.1 Å². The summed E-state index contributed by atoms with van der Waals surface area (Å²) < 4.78 is 6.13. The van der Waals surface area contributed by atoms with Gasteiger partial charge in [-0.05, 0) is 36.6 Å². The van der Waals surface area contributed by atoms with Crippen LogP contribution in [0.4, 0.5) is 0 Å². The molecular weight excluding hydrogens is 256 g/mol. The average Bonchev–Trinajstić information content (AvgIpc) is 2.89. The summed E-state index contributed by atoms with van der Waals surface area (Å²) in [7, 11) is 0. The lowest BCUT2D eigenvalue weighted by molar-refractivity contribution is 0.670. The molecule has 0 radical (unpaired) electrons. The lowest BCUT2D eigenvalue weighted by Gasteiger charge is -2.09. The standard InChI is InChI=1S/C20H16O/c1-13-7-5-9-15(14(13)2)17-10-6-11-18-16-8-3-4-12-19(16)21-20(17)18/h3-12H,1-2H3. The first-order valence-electron chi connectivity index (χ1n) is 7.22. The predicted molar refractivity (Wildman–Crippen MR) is 88.6 cm³/mol. The Morgan fingerprint density at radius 1 is 0.667 bits per heavy atom. The molecule has 0 fully saturated rings. The number of para-hydroxylation sites is 2. The van der Waals surface area contributed by atoms with Gasteiger partial charge in [-0.25, -0.2) is 0 Å². The summed E-state index contributed by atoms with van der Waals surface area (Å²) in [4.78, 5) is 0. The minimum atomic E-state index is 0.949. The lowest BCUT2D eigenvalue weighted by Crippen LogP contribution is -1.87. The average molecular weight is 272 g/mol. The first-order chi connectivity index (χ1) is 10.3. The van der Waals surface area contributed by atoms with Crippen molar-refractivity contribution < 1.29 is 4.42 Å². The van der Waals surface area contributed by atoms with Gasteiger partial charge in [-0.1, -0.05) is 54.6 Å². The normalized spacial score (nSPS) is 11.3. The van der Waals surface area contributed by atoms with Crippen molar-refractivity contribution >= 4 is 21.9 Å². The van der Waals surface area contributed by atoms with Crippen LogP contribution in [-0.2, 0) is 0 Å². The topological polar surface area (TPSA) is 13.1 Å². The minimum Gasteiger partial charge on any atom is -0.455 e. The van der Waals surface area contributed by atoms with E-state index in [0.29, 0.717) is 0 Å². The molecule has 1 aromatic heterocycles. The number of furan rings is 1. The van der Waals surface area contributed by atoms with Gasteiger partial charge < -0.3 is 4.42 Å². The maximum absolute atomic E-state index is 6.13. The zero-order chi connectivity index (χ0) is 14.4. The van der Waals surface area contributed by atoms with Crippen LogP contribution in [0.3, 0.4) is 0 Å². The van der Waals surface area contributed by atoms with Crippen molar-refractivity contribution in [2.75, 3.05) is 0 Å². The third-order valence-corrected chi connectivity index (χ3v) is 4.30. The van der Waals surface area contributed by atoms with Crippen molar-refractivity contribution in [3.8, 4) is 11.1 Å². The molecule has 0 saturated carbocycles. The zero-order valence-corrected chi connectivity index (χ0v) is 12.2. The Balaban J connectivity index is 2.12. The fraction of sp³-hybridized carbons (Fsp3) is 0.100. The molecule has 1 heterocycles. The van der Waals surface area contributed by atoms with Crippen LogP contribution < -0.4 is 0 Å². The minimum absolute atomic E-state index is 0.949. The zero-order valence-electron chi connectivity index (χ0n) is 12.2. The van der Waals surface area contributed by atoms with E-state index in [0.717, 1.165) is 11.2 Å². The second-order valence-corrected chi connectivity index (χ2v) is 5.53. The molecule has 4 aromatic rings. The summed E-state index contributed by atoms with van der Waals surface area (Å²) in [5, 5.41) is 2.36. The van der Waals surface area contributed by atoms with Gasteiger partial charge in [-0.15, -0.1) is 0 Å². The van der Waals surface area contributed by atoms with Crippen molar-refractivity contribution in [3.05, 3.63) is 71.8 Å². The second kappa shape index (κ2) is 4.49. The van der Waals surface area contributed by atoms with E-state index >= 15 is 0 Å². The van der Waals surface area contributed by atoms with Crippen LogP contribution in [0.2, 0.25) is 0 Å². The molecule has 0 N–H and O–H groups in total. The molecule has 1 heteroatoms. The van der Waals surface area contributed by atoms with E-state index in [1.807, 2.05) is 12.1 Å². The highest BCUT2D eigenvalue weighted by atomic mass is 16.3. The maximum atomic E-state index is 6.13. The third-order valence-electron chi connectivity index (χ3n) is 4.30. The number of benzene rings is 3. The summed E-state index contributed by atoms with van der Waals surface area (Å²) in [6.07, 6.45) is 0. The first kappa shape index (κ1) is 12.2. The Morgan fingerprint density at radius 3 is 2.29 bits per heavy atom. The fourth-order valence-electron chi connectivity index (χ4n) is 3.00. The van der Waals surface area contributed by atoms with Crippen molar-refractivity contribution in [2.45, 2.75) is 13.8 Å². The molecule has 102 valence electrons. The monoisotopic (exact) mass is 272 g/mol. The Kier molecular flexibility index (Phi) is 2.61.